The van der Waals surface area contributed by atoms with Gasteiger partial charge in [0.1, 0.15) is 5.75 Å². The zero-order valence-electron chi connectivity index (χ0n) is 15.4. The summed E-state index contributed by atoms with van der Waals surface area (Å²) in [5, 5.41) is 11.6. The largest absolute Gasteiger partial charge is 0.496 e. The summed E-state index contributed by atoms with van der Waals surface area (Å²) in [6.45, 7) is 3.13. The second-order valence-electron chi connectivity index (χ2n) is 7.75. The highest BCUT2D eigenvalue weighted by molar-refractivity contribution is 6.02. The van der Waals surface area contributed by atoms with Crippen LogP contribution < -0.4 is 4.74 Å². The van der Waals surface area contributed by atoms with Crippen molar-refractivity contribution in [1.82, 2.24) is 4.90 Å². The van der Waals surface area contributed by atoms with Crippen LogP contribution in [-0.4, -0.2) is 42.5 Å². The minimum atomic E-state index is -0.0768. The molecule has 26 heavy (non-hydrogen) atoms. The molecule has 2 fully saturated rings. The molecule has 4 nitrogen and oxygen atoms in total. The zero-order chi connectivity index (χ0) is 18.1. The summed E-state index contributed by atoms with van der Waals surface area (Å²) >= 11 is 0. The third kappa shape index (κ3) is 3.49. The van der Waals surface area contributed by atoms with E-state index in [9.17, 15) is 9.90 Å². The number of carbonyl (C=O) groups excluding carboxylic acids is 1. The van der Waals surface area contributed by atoms with E-state index in [1.54, 1.807) is 7.11 Å². The first-order valence-corrected chi connectivity index (χ1v) is 9.66. The standard InChI is InChI=1S/C22H27NO3/c1-26-21-9-7-16-11-17(6-8-19(16)20(21)14-24)22(25)18-3-2-10-23(13-18)12-15-4-5-15/h6-9,11,15,18,24H,2-5,10,12-14H2,1H3. The van der Waals surface area contributed by atoms with Crippen LogP contribution in [0.1, 0.15) is 41.6 Å². The van der Waals surface area contributed by atoms with Crippen molar-refractivity contribution in [1.29, 1.82) is 0 Å². The van der Waals surface area contributed by atoms with Gasteiger partial charge < -0.3 is 14.7 Å². The normalized spacial score (nSPS) is 21.1. The molecule has 4 rings (SSSR count). The number of benzene rings is 2. The predicted molar refractivity (Wildman–Crippen MR) is 103 cm³/mol. The number of aliphatic hydroxyl groups excluding tert-OH is 1. The monoisotopic (exact) mass is 353 g/mol. The fraction of sp³-hybridized carbons (Fsp3) is 0.500. The second kappa shape index (κ2) is 7.37. The van der Waals surface area contributed by atoms with E-state index in [0.29, 0.717) is 5.75 Å². The number of methoxy groups -OCH3 is 1. The number of rotatable bonds is 6. The molecule has 138 valence electrons. The minimum Gasteiger partial charge on any atom is -0.496 e. The Bertz CT molecular complexity index is 812. The van der Waals surface area contributed by atoms with Gasteiger partial charge in [0, 0.05) is 30.1 Å². The Morgan fingerprint density at radius 2 is 2.08 bits per heavy atom. The molecule has 1 aliphatic heterocycles. The number of Topliss-reactive ketones (excluding diaryl/α,β-unsaturated/α-hetero) is 1. The first-order chi connectivity index (χ1) is 12.7. The predicted octanol–water partition coefficient (Wildman–Crippen LogP) is 3.65. The van der Waals surface area contributed by atoms with Crippen LogP contribution in [0.3, 0.4) is 0 Å². The number of piperidine rings is 1. The molecule has 1 atom stereocenters. The molecule has 0 radical (unpaired) electrons. The van der Waals surface area contributed by atoms with Gasteiger partial charge in [-0.05, 0) is 61.1 Å². The number of nitrogens with zero attached hydrogens (tertiary/aromatic N) is 1. The van der Waals surface area contributed by atoms with Crippen LogP contribution in [0.4, 0.5) is 0 Å². The van der Waals surface area contributed by atoms with Crippen molar-refractivity contribution in [2.24, 2.45) is 11.8 Å². The maximum atomic E-state index is 13.1. The van der Waals surface area contributed by atoms with E-state index in [1.807, 2.05) is 30.3 Å². The van der Waals surface area contributed by atoms with E-state index < -0.39 is 0 Å². The Morgan fingerprint density at radius 1 is 1.23 bits per heavy atom. The molecular formula is C22H27NO3. The van der Waals surface area contributed by atoms with Crippen molar-refractivity contribution in [3.8, 4) is 5.75 Å². The van der Waals surface area contributed by atoms with Gasteiger partial charge in [-0.15, -0.1) is 0 Å². The smallest absolute Gasteiger partial charge is 0.167 e. The highest BCUT2D eigenvalue weighted by Crippen LogP contribution is 2.33. The second-order valence-corrected chi connectivity index (χ2v) is 7.75. The summed E-state index contributed by atoms with van der Waals surface area (Å²) in [6, 6.07) is 9.64. The highest BCUT2D eigenvalue weighted by Gasteiger charge is 2.30. The topological polar surface area (TPSA) is 49.8 Å². The molecular weight excluding hydrogens is 326 g/mol. The Kier molecular flexibility index (Phi) is 4.96. The van der Waals surface area contributed by atoms with Gasteiger partial charge in [-0.25, -0.2) is 0 Å². The Labute approximate surface area is 154 Å². The Morgan fingerprint density at radius 3 is 2.81 bits per heavy atom. The van der Waals surface area contributed by atoms with E-state index in [1.165, 1.54) is 19.4 Å². The number of aliphatic hydroxyl groups is 1. The summed E-state index contributed by atoms with van der Waals surface area (Å²) in [6.07, 6.45) is 4.82. The van der Waals surface area contributed by atoms with Crippen molar-refractivity contribution in [3.05, 3.63) is 41.5 Å². The molecule has 1 unspecified atom stereocenters. The van der Waals surface area contributed by atoms with Crippen LogP contribution in [0.2, 0.25) is 0 Å². The lowest BCUT2D eigenvalue weighted by molar-refractivity contribution is 0.0815. The SMILES string of the molecule is COc1ccc2cc(C(=O)C3CCCN(CC4CC4)C3)ccc2c1CO. The van der Waals surface area contributed by atoms with Crippen LogP contribution in [0.5, 0.6) is 5.75 Å². The van der Waals surface area contributed by atoms with Gasteiger partial charge in [0.25, 0.3) is 0 Å². The first kappa shape index (κ1) is 17.5. The maximum absolute atomic E-state index is 13.1. The molecule has 2 aromatic carbocycles. The molecule has 2 aromatic rings. The number of ketones is 1. The maximum Gasteiger partial charge on any atom is 0.167 e. The Balaban J connectivity index is 1.56. The van der Waals surface area contributed by atoms with Gasteiger partial charge in [0.2, 0.25) is 0 Å². The lowest BCUT2D eigenvalue weighted by Gasteiger charge is -2.32. The number of hydrogen-bond donors (Lipinski definition) is 1. The molecule has 0 spiro atoms. The van der Waals surface area contributed by atoms with E-state index in [4.69, 9.17) is 4.74 Å². The molecule has 1 heterocycles. The average Bonchev–Trinajstić information content (AvgIpc) is 3.50. The third-order valence-corrected chi connectivity index (χ3v) is 5.84. The minimum absolute atomic E-state index is 0.0768. The van der Waals surface area contributed by atoms with Crippen LogP contribution >= 0.6 is 0 Å². The molecule has 4 heteroatoms. The average molecular weight is 353 g/mol. The molecule has 0 aromatic heterocycles. The third-order valence-electron chi connectivity index (χ3n) is 5.84. The van der Waals surface area contributed by atoms with Gasteiger partial charge in [-0.2, -0.15) is 0 Å². The molecule has 1 aliphatic carbocycles. The highest BCUT2D eigenvalue weighted by atomic mass is 16.5. The van der Waals surface area contributed by atoms with Crippen molar-refractivity contribution in [2.45, 2.75) is 32.3 Å². The fourth-order valence-corrected chi connectivity index (χ4v) is 4.22. The Hall–Kier alpha value is -1.91. The molecule has 0 amide bonds. The number of fused-ring (bicyclic) bond motifs is 1. The number of hydrogen-bond acceptors (Lipinski definition) is 4. The van der Waals surface area contributed by atoms with E-state index in [0.717, 1.165) is 53.7 Å². The van der Waals surface area contributed by atoms with Gasteiger partial charge in [0.05, 0.1) is 13.7 Å². The molecule has 0 bridgehead atoms. The summed E-state index contributed by atoms with van der Waals surface area (Å²) in [4.78, 5) is 15.6. The van der Waals surface area contributed by atoms with Crippen LogP contribution in [0, 0.1) is 11.8 Å². The molecule has 1 N–H and O–H groups in total. The van der Waals surface area contributed by atoms with Gasteiger partial charge >= 0.3 is 0 Å². The van der Waals surface area contributed by atoms with Gasteiger partial charge in [0.15, 0.2) is 5.78 Å². The molecule has 1 saturated carbocycles. The van der Waals surface area contributed by atoms with Crippen molar-refractivity contribution in [3.63, 3.8) is 0 Å². The van der Waals surface area contributed by atoms with Crippen LogP contribution in [-0.2, 0) is 6.61 Å². The van der Waals surface area contributed by atoms with Gasteiger partial charge in [-0.1, -0.05) is 18.2 Å². The van der Waals surface area contributed by atoms with Crippen LogP contribution in [0.15, 0.2) is 30.3 Å². The summed E-state index contributed by atoms with van der Waals surface area (Å²) in [5.41, 5.74) is 1.56. The van der Waals surface area contributed by atoms with Crippen molar-refractivity contribution < 1.29 is 14.6 Å². The van der Waals surface area contributed by atoms with Crippen molar-refractivity contribution in [2.75, 3.05) is 26.7 Å². The number of likely N-dealkylation sites (tertiary alicyclic amines) is 1. The quantitative estimate of drug-likeness (QED) is 0.806. The van der Waals surface area contributed by atoms with E-state index >= 15 is 0 Å². The lowest BCUT2D eigenvalue weighted by atomic mass is 9.88. The number of ether oxygens (including phenoxy) is 1. The van der Waals surface area contributed by atoms with E-state index in [2.05, 4.69) is 4.90 Å². The summed E-state index contributed by atoms with van der Waals surface area (Å²) < 4.78 is 5.33. The summed E-state index contributed by atoms with van der Waals surface area (Å²) in [5.74, 6) is 1.92. The van der Waals surface area contributed by atoms with Gasteiger partial charge in [-0.3, -0.25) is 4.79 Å². The van der Waals surface area contributed by atoms with Crippen LogP contribution in [0.25, 0.3) is 10.8 Å². The number of carbonyl (C=O) groups is 1. The van der Waals surface area contributed by atoms with E-state index in [-0.39, 0.29) is 18.3 Å². The summed E-state index contributed by atoms with van der Waals surface area (Å²) in [7, 11) is 1.61. The zero-order valence-corrected chi connectivity index (χ0v) is 15.4. The van der Waals surface area contributed by atoms with Crippen molar-refractivity contribution >= 4 is 16.6 Å². The fourth-order valence-electron chi connectivity index (χ4n) is 4.22. The lowest BCUT2D eigenvalue weighted by Crippen LogP contribution is -2.39. The molecule has 1 saturated heterocycles. The molecule has 2 aliphatic rings. The first-order valence-electron chi connectivity index (χ1n) is 9.66.